The van der Waals surface area contributed by atoms with Crippen molar-refractivity contribution in [3.8, 4) is 5.75 Å². The topological polar surface area (TPSA) is 120 Å². The van der Waals surface area contributed by atoms with Crippen LogP contribution in [-0.2, 0) is 22.4 Å². The van der Waals surface area contributed by atoms with Crippen molar-refractivity contribution in [3.05, 3.63) is 101 Å². The van der Waals surface area contributed by atoms with Gasteiger partial charge in [0.05, 0.1) is 20.3 Å². The van der Waals surface area contributed by atoms with Crippen molar-refractivity contribution in [3.63, 3.8) is 0 Å². The number of nitrogens with one attached hydrogen (secondary N) is 3. The molecule has 1 aliphatic rings. The minimum Gasteiger partial charge on any atom is -0.483 e. The SMILES string of the molecule is [2H]c1c([2H])c([2H])c(C([2H])([2H])[C@]([2H])(NC(=O)COc2c(C)cccc2C)[C@@H](O)C[C@H](Cc2ccccc2)NC(=O)[C@H](C(C)C)N2C(=O)NC([2H])([2H])C([2H])([2H])C2([2H])[2H])c([2H])c1[2H]. The number of aliphatic hydroxyl groups is 1. The maximum absolute atomic E-state index is 14.3. The van der Waals surface area contributed by atoms with Gasteiger partial charge in [0, 0.05) is 30.0 Å². The van der Waals surface area contributed by atoms with Crippen LogP contribution >= 0.6 is 0 Å². The third kappa shape index (κ3) is 9.81. The Balaban J connectivity index is 1.81. The van der Waals surface area contributed by atoms with E-state index in [1.807, 2.05) is 0 Å². The van der Waals surface area contributed by atoms with Crippen molar-refractivity contribution in [2.75, 3.05) is 19.6 Å². The highest BCUT2D eigenvalue weighted by Gasteiger charge is 2.35. The maximum Gasteiger partial charge on any atom is 0.318 e. The molecule has 0 aromatic heterocycles. The lowest BCUT2D eigenvalue weighted by atomic mass is 9.92. The second-order valence-corrected chi connectivity index (χ2v) is 11.1. The number of amides is 4. The molecule has 0 radical (unpaired) electrons. The summed E-state index contributed by atoms with van der Waals surface area (Å²) in [6.45, 7) is -1.14. The van der Waals surface area contributed by atoms with E-state index in [1.165, 1.54) is 13.8 Å². The Bertz CT molecular complexity index is 2060. The van der Waals surface area contributed by atoms with Crippen LogP contribution in [0.15, 0.2) is 78.7 Å². The lowest BCUT2D eigenvalue weighted by Gasteiger charge is -2.37. The third-order valence-corrected chi connectivity index (χ3v) is 7.11. The third-order valence-electron chi connectivity index (χ3n) is 7.11. The fraction of sp³-hybridized carbons (Fsp3) is 0.432. The number of carbonyl (C=O) groups is 3. The van der Waals surface area contributed by atoms with E-state index >= 15 is 0 Å². The van der Waals surface area contributed by atoms with E-state index in [1.54, 1.807) is 67.7 Å². The van der Waals surface area contributed by atoms with E-state index in [0.29, 0.717) is 22.4 Å². The molecule has 1 heterocycles. The molecule has 3 aromatic rings. The fourth-order valence-corrected chi connectivity index (χ4v) is 4.96. The van der Waals surface area contributed by atoms with Gasteiger partial charge in [-0.3, -0.25) is 9.59 Å². The van der Waals surface area contributed by atoms with Gasteiger partial charge in [-0.05, 0) is 67.6 Å². The first-order chi connectivity index (χ1) is 27.5. The number of aliphatic hydroxyl groups excluding tert-OH is 1. The summed E-state index contributed by atoms with van der Waals surface area (Å²) in [5.41, 5.74) is 0.730. The van der Waals surface area contributed by atoms with Crippen molar-refractivity contribution in [2.24, 2.45) is 5.92 Å². The molecule has 4 N–H and O–H groups in total. The first-order valence-electron chi connectivity index (χ1n) is 21.8. The summed E-state index contributed by atoms with van der Waals surface area (Å²) in [5, 5.41) is 18.6. The Morgan fingerprint density at radius 3 is 2.43 bits per heavy atom. The summed E-state index contributed by atoms with van der Waals surface area (Å²) < 4.78 is 125. The van der Waals surface area contributed by atoms with Crippen LogP contribution in [0.5, 0.6) is 5.75 Å². The number of aryl methyl sites for hydroxylation is 2. The highest BCUT2D eigenvalue weighted by molar-refractivity contribution is 5.87. The van der Waals surface area contributed by atoms with E-state index in [4.69, 9.17) is 19.8 Å². The molecule has 1 aliphatic heterocycles. The predicted octanol–water partition coefficient (Wildman–Crippen LogP) is 4.33. The average Bonchev–Trinajstić information content (AvgIpc) is 3.14. The van der Waals surface area contributed by atoms with Crippen LogP contribution in [-0.4, -0.2) is 71.7 Å². The Hall–Kier alpha value is -4.37. The molecule has 1 saturated heterocycles. The zero-order valence-corrected chi connectivity index (χ0v) is 26.1. The van der Waals surface area contributed by atoms with Crippen molar-refractivity contribution in [1.29, 1.82) is 0 Å². The number of hydrogen-bond donors (Lipinski definition) is 4. The molecule has 0 aliphatic carbocycles. The highest BCUT2D eigenvalue weighted by atomic mass is 16.5. The molecule has 4 rings (SSSR count). The molecule has 9 nitrogen and oxygen atoms in total. The molecule has 0 saturated carbocycles. The first-order valence-corrected chi connectivity index (χ1v) is 14.8. The van der Waals surface area contributed by atoms with E-state index < -0.39 is 123 Å². The minimum absolute atomic E-state index is 0.172. The predicted molar refractivity (Wildman–Crippen MR) is 180 cm³/mol. The van der Waals surface area contributed by atoms with E-state index in [2.05, 4.69) is 10.6 Å². The molecule has 0 unspecified atom stereocenters. The number of para-hydroxylation sites is 1. The van der Waals surface area contributed by atoms with Gasteiger partial charge in [-0.15, -0.1) is 0 Å². The second-order valence-electron chi connectivity index (χ2n) is 11.1. The lowest BCUT2D eigenvalue weighted by Crippen LogP contribution is -2.59. The Labute approximate surface area is 292 Å². The van der Waals surface area contributed by atoms with E-state index in [0.717, 1.165) is 0 Å². The molecule has 4 amide bonds. The summed E-state index contributed by atoms with van der Waals surface area (Å²) in [6.07, 6.45) is -10.2. The van der Waals surface area contributed by atoms with Crippen molar-refractivity contribution >= 4 is 17.8 Å². The summed E-state index contributed by atoms with van der Waals surface area (Å²) in [7, 11) is 0. The van der Waals surface area contributed by atoms with Gasteiger partial charge in [0.25, 0.3) is 5.91 Å². The number of hydrogen-bond acceptors (Lipinski definition) is 5. The second kappa shape index (κ2) is 16.8. The number of rotatable bonds is 15. The fourth-order valence-electron chi connectivity index (χ4n) is 4.96. The number of urea groups is 1. The first kappa shape index (κ1) is 20.0. The van der Waals surface area contributed by atoms with Gasteiger partial charge in [0.1, 0.15) is 11.8 Å². The zero-order valence-electron chi connectivity index (χ0n) is 40.1. The molecular weight excluding hydrogens is 580 g/mol. The Kier molecular flexibility index (Phi) is 7.30. The molecule has 46 heavy (non-hydrogen) atoms. The van der Waals surface area contributed by atoms with Crippen molar-refractivity contribution in [2.45, 2.75) is 77.5 Å². The van der Waals surface area contributed by atoms with Gasteiger partial charge in [-0.2, -0.15) is 0 Å². The van der Waals surface area contributed by atoms with Crippen LogP contribution in [0.4, 0.5) is 4.79 Å². The molecular formula is C37H48N4O5. The van der Waals surface area contributed by atoms with Crippen LogP contribution in [0.25, 0.3) is 0 Å². The highest BCUT2D eigenvalue weighted by Crippen LogP contribution is 2.22. The van der Waals surface area contributed by atoms with Gasteiger partial charge in [-0.25, -0.2) is 4.79 Å². The summed E-state index contributed by atoms with van der Waals surface area (Å²) in [6, 6.07) is 0.625. The number of benzene rings is 3. The standard InChI is InChI=1S/C37H48N4O5/c1-25(2)34(41-20-12-19-38-37(41)45)36(44)39-30(21-28-15-7-5-8-16-28)23-32(42)31(22-29-17-9-6-10-18-29)40-33(43)24-46-35-26(3)13-11-14-27(35)4/h5-11,13-18,25,30-32,34,42H,12,19-24H2,1-4H3,(H,38,45)(H,39,44)(H,40,43)/t30-,31-,32-,34-/m0/s1/i6D,9D,10D,12D2,17D,18D,19D2,20D2,22D2,31D. The van der Waals surface area contributed by atoms with Gasteiger partial charge in [0.15, 0.2) is 6.61 Å². The summed E-state index contributed by atoms with van der Waals surface area (Å²) in [4.78, 5) is 41.4. The lowest BCUT2D eigenvalue weighted by molar-refractivity contribution is -0.128. The molecule has 1 fully saturated rings. The van der Waals surface area contributed by atoms with Crippen LogP contribution in [0, 0.1) is 19.8 Å². The Morgan fingerprint density at radius 2 is 1.76 bits per heavy atom. The molecule has 4 atom stereocenters. The quantitative estimate of drug-likeness (QED) is 0.197. The monoisotopic (exact) mass is 642 g/mol. The van der Waals surface area contributed by atoms with Crippen LogP contribution in [0.3, 0.4) is 0 Å². The van der Waals surface area contributed by atoms with Gasteiger partial charge >= 0.3 is 6.03 Å². The smallest absolute Gasteiger partial charge is 0.318 e. The zero-order chi connectivity index (χ0) is 45.5. The van der Waals surface area contributed by atoms with E-state index in [9.17, 15) is 23.6 Å². The van der Waals surface area contributed by atoms with Crippen LogP contribution < -0.4 is 20.7 Å². The normalized spacial score (nSPS) is 24.5. The number of nitrogens with zero attached hydrogens (tertiary/aromatic N) is 1. The Morgan fingerprint density at radius 1 is 1.07 bits per heavy atom. The van der Waals surface area contributed by atoms with Crippen molar-refractivity contribution in [1.82, 2.24) is 20.9 Å². The minimum atomic E-state index is -3.48. The summed E-state index contributed by atoms with van der Waals surface area (Å²) in [5.74, 6) is -2.90. The maximum atomic E-state index is 14.3. The number of ether oxygens (including phenoxy) is 1. The molecule has 0 bridgehead atoms. The van der Waals surface area contributed by atoms with Crippen LogP contribution in [0.1, 0.15) is 68.1 Å². The van der Waals surface area contributed by atoms with Crippen molar-refractivity contribution < 1.29 is 43.4 Å². The van der Waals surface area contributed by atoms with Gasteiger partial charge in [0.2, 0.25) is 5.91 Å². The molecule has 0 spiro atoms. The van der Waals surface area contributed by atoms with Gasteiger partial charge < -0.3 is 30.7 Å². The summed E-state index contributed by atoms with van der Waals surface area (Å²) >= 11 is 0. The van der Waals surface area contributed by atoms with E-state index in [-0.39, 0.29) is 11.3 Å². The van der Waals surface area contributed by atoms with Crippen LogP contribution in [0.2, 0.25) is 0 Å². The molecule has 9 heteroatoms. The number of carbonyl (C=O) groups excluding carboxylic acids is 3. The van der Waals surface area contributed by atoms with Gasteiger partial charge in [-0.1, -0.05) is 92.6 Å². The average molecular weight is 643 g/mol. The molecule has 3 aromatic carbocycles. The largest absolute Gasteiger partial charge is 0.483 e. The molecule has 246 valence electrons.